The number of sulfone groups is 1. The lowest BCUT2D eigenvalue weighted by Gasteiger charge is -2.45. The standard InChI is InChI=1S/C10H17NO4S/c12-10(13)4-8-5-11(6-8)9-2-1-3-16(14,15)7-9/h8-9H,1-7H2,(H,12,13). The highest BCUT2D eigenvalue weighted by atomic mass is 32.2. The van der Waals surface area contributed by atoms with Gasteiger partial charge in [0.05, 0.1) is 17.9 Å². The van der Waals surface area contributed by atoms with Crippen LogP contribution in [0.15, 0.2) is 0 Å². The van der Waals surface area contributed by atoms with Gasteiger partial charge in [-0.05, 0) is 18.8 Å². The van der Waals surface area contributed by atoms with Crippen LogP contribution in [0, 0.1) is 5.92 Å². The Morgan fingerprint density at radius 3 is 2.62 bits per heavy atom. The van der Waals surface area contributed by atoms with Crippen LogP contribution >= 0.6 is 0 Å². The number of rotatable bonds is 3. The molecule has 0 radical (unpaired) electrons. The summed E-state index contributed by atoms with van der Waals surface area (Å²) in [5.41, 5.74) is 0. The van der Waals surface area contributed by atoms with Gasteiger partial charge in [0.15, 0.2) is 9.84 Å². The molecule has 92 valence electrons. The monoisotopic (exact) mass is 247 g/mol. The van der Waals surface area contributed by atoms with Gasteiger partial charge in [0.2, 0.25) is 0 Å². The first-order valence-electron chi connectivity index (χ1n) is 5.62. The fraction of sp³-hybridized carbons (Fsp3) is 0.900. The van der Waals surface area contributed by atoms with E-state index in [-0.39, 0.29) is 24.1 Å². The van der Waals surface area contributed by atoms with Crippen molar-refractivity contribution < 1.29 is 18.3 Å². The van der Waals surface area contributed by atoms with Crippen molar-refractivity contribution in [2.45, 2.75) is 25.3 Å². The number of carboxylic acids is 1. The van der Waals surface area contributed by atoms with E-state index >= 15 is 0 Å². The van der Waals surface area contributed by atoms with Crippen molar-refractivity contribution in [1.82, 2.24) is 4.90 Å². The Morgan fingerprint density at radius 1 is 1.38 bits per heavy atom. The average Bonchev–Trinajstić information content (AvgIpc) is 2.08. The summed E-state index contributed by atoms with van der Waals surface area (Å²) < 4.78 is 22.9. The summed E-state index contributed by atoms with van der Waals surface area (Å²) in [6.45, 7) is 1.49. The Morgan fingerprint density at radius 2 is 2.06 bits per heavy atom. The molecule has 0 spiro atoms. The zero-order chi connectivity index (χ0) is 11.8. The van der Waals surface area contributed by atoms with Crippen molar-refractivity contribution in [3.05, 3.63) is 0 Å². The summed E-state index contributed by atoms with van der Waals surface area (Å²) in [5, 5.41) is 8.61. The summed E-state index contributed by atoms with van der Waals surface area (Å²) in [7, 11) is -2.85. The molecule has 0 amide bonds. The molecule has 0 saturated carbocycles. The van der Waals surface area contributed by atoms with Crippen LogP contribution in [0.4, 0.5) is 0 Å². The Labute approximate surface area is 95.4 Å². The molecule has 1 unspecified atom stereocenters. The van der Waals surface area contributed by atoms with E-state index in [2.05, 4.69) is 4.90 Å². The van der Waals surface area contributed by atoms with Crippen LogP contribution in [0.2, 0.25) is 0 Å². The van der Waals surface area contributed by atoms with E-state index in [9.17, 15) is 13.2 Å². The zero-order valence-electron chi connectivity index (χ0n) is 9.13. The Balaban J connectivity index is 1.81. The quantitative estimate of drug-likeness (QED) is 0.758. The highest BCUT2D eigenvalue weighted by Crippen LogP contribution is 2.26. The third-order valence-electron chi connectivity index (χ3n) is 3.40. The van der Waals surface area contributed by atoms with Gasteiger partial charge >= 0.3 is 5.97 Å². The smallest absolute Gasteiger partial charge is 0.303 e. The molecule has 6 heteroatoms. The second kappa shape index (κ2) is 4.33. The molecule has 0 aliphatic carbocycles. The van der Waals surface area contributed by atoms with Crippen LogP contribution in [0.25, 0.3) is 0 Å². The van der Waals surface area contributed by atoms with E-state index in [0.717, 1.165) is 25.9 Å². The summed E-state index contributed by atoms with van der Waals surface area (Å²) in [6.07, 6.45) is 1.88. The lowest BCUT2D eigenvalue weighted by atomic mass is 9.93. The summed E-state index contributed by atoms with van der Waals surface area (Å²) in [5.74, 6) is 0.0194. The van der Waals surface area contributed by atoms with Gasteiger partial charge < -0.3 is 5.11 Å². The lowest BCUT2D eigenvalue weighted by molar-refractivity contribution is -0.139. The molecule has 0 aromatic carbocycles. The van der Waals surface area contributed by atoms with Gasteiger partial charge in [-0.2, -0.15) is 0 Å². The molecule has 0 aromatic heterocycles. The lowest BCUT2D eigenvalue weighted by Crippen LogP contribution is -2.55. The molecule has 1 atom stereocenters. The van der Waals surface area contributed by atoms with E-state index in [0.29, 0.717) is 5.75 Å². The molecule has 2 heterocycles. The Bertz CT molecular complexity index is 372. The molecule has 2 aliphatic rings. The van der Waals surface area contributed by atoms with Gasteiger partial charge in [0.25, 0.3) is 0 Å². The third kappa shape index (κ3) is 2.74. The Hall–Kier alpha value is -0.620. The maximum absolute atomic E-state index is 11.4. The maximum atomic E-state index is 11.4. The van der Waals surface area contributed by atoms with Crippen molar-refractivity contribution in [3.8, 4) is 0 Å². The van der Waals surface area contributed by atoms with Crippen LogP contribution in [-0.4, -0.2) is 55.0 Å². The normalized spacial score (nSPS) is 30.9. The summed E-state index contributed by atoms with van der Waals surface area (Å²) in [4.78, 5) is 12.6. The molecule has 0 bridgehead atoms. The number of likely N-dealkylation sites (tertiary alicyclic amines) is 1. The molecule has 16 heavy (non-hydrogen) atoms. The van der Waals surface area contributed by atoms with Gasteiger partial charge in [0.1, 0.15) is 0 Å². The van der Waals surface area contributed by atoms with E-state index in [1.54, 1.807) is 0 Å². The second-order valence-electron chi connectivity index (χ2n) is 4.83. The minimum absolute atomic E-state index is 0.129. The van der Waals surface area contributed by atoms with Crippen LogP contribution < -0.4 is 0 Å². The molecule has 0 aromatic rings. The van der Waals surface area contributed by atoms with Crippen molar-refractivity contribution in [2.75, 3.05) is 24.6 Å². The zero-order valence-corrected chi connectivity index (χ0v) is 9.95. The second-order valence-corrected chi connectivity index (χ2v) is 7.06. The van der Waals surface area contributed by atoms with Gasteiger partial charge in [-0.3, -0.25) is 9.69 Å². The minimum atomic E-state index is -2.85. The average molecular weight is 247 g/mol. The van der Waals surface area contributed by atoms with Gasteiger partial charge in [-0.25, -0.2) is 8.42 Å². The van der Waals surface area contributed by atoms with Crippen molar-refractivity contribution in [2.24, 2.45) is 5.92 Å². The van der Waals surface area contributed by atoms with Crippen molar-refractivity contribution in [3.63, 3.8) is 0 Å². The van der Waals surface area contributed by atoms with Gasteiger partial charge in [0, 0.05) is 19.1 Å². The SMILES string of the molecule is O=C(O)CC1CN(C2CCCS(=O)(=O)C2)C1. The topological polar surface area (TPSA) is 74.7 Å². The molecule has 2 saturated heterocycles. The number of hydrogen-bond donors (Lipinski definition) is 1. The predicted molar refractivity (Wildman–Crippen MR) is 59.0 cm³/mol. The largest absolute Gasteiger partial charge is 0.481 e. The highest BCUT2D eigenvalue weighted by molar-refractivity contribution is 7.91. The summed E-state index contributed by atoms with van der Waals surface area (Å²) in [6, 6.07) is 0.129. The van der Waals surface area contributed by atoms with E-state index in [1.807, 2.05) is 0 Å². The molecule has 2 rings (SSSR count). The number of nitrogens with zero attached hydrogens (tertiary/aromatic N) is 1. The van der Waals surface area contributed by atoms with E-state index in [1.165, 1.54) is 0 Å². The maximum Gasteiger partial charge on any atom is 0.303 e. The number of aliphatic carboxylic acids is 1. The van der Waals surface area contributed by atoms with Gasteiger partial charge in [-0.1, -0.05) is 0 Å². The van der Waals surface area contributed by atoms with Crippen molar-refractivity contribution >= 4 is 15.8 Å². The fourth-order valence-electron chi connectivity index (χ4n) is 2.57. The van der Waals surface area contributed by atoms with Crippen LogP contribution in [0.5, 0.6) is 0 Å². The molecule has 2 fully saturated rings. The number of hydrogen-bond acceptors (Lipinski definition) is 4. The van der Waals surface area contributed by atoms with Crippen LogP contribution in [-0.2, 0) is 14.6 Å². The molecule has 2 aliphatic heterocycles. The fourth-order valence-corrected chi connectivity index (χ4v) is 4.31. The molecule has 1 N–H and O–H groups in total. The first-order chi connectivity index (χ1) is 7.46. The summed E-state index contributed by atoms with van der Waals surface area (Å²) >= 11 is 0. The molecule has 5 nitrogen and oxygen atoms in total. The molecular weight excluding hydrogens is 230 g/mol. The van der Waals surface area contributed by atoms with E-state index < -0.39 is 15.8 Å². The first kappa shape index (κ1) is 11.9. The Kier molecular flexibility index (Phi) is 3.21. The van der Waals surface area contributed by atoms with Gasteiger partial charge in [-0.15, -0.1) is 0 Å². The van der Waals surface area contributed by atoms with Crippen molar-refractivity contribution in [1.29, 1.82) is 0 Å². The number of carbonyl (C=O) groups is 1. The predicted octanol–water partition coefficient (Wildman–Crippen LogP) is -0.0299. The first-order valence-corrected chi connectivity index (χ1v) is 7.45. The van der Waals surface area contributed by atoms with Crippen LogP contribution in [0.1, 0.15) is 19.3 Å². The van der Waals surface area contributed by atoms with E-state index in [4.69, 9.17) is 5.11 Å². The third-order valence-corrected chi connectivity index (χ3v) is 5.21. The van der Waals surface area contributed by atoms with Crippen LogP contribution in [0.3, 0.4) is 0 Å². The minimum Gasteiger partial charge on any atom is -0.481 e. The molecular formula is C10H17NO4S. The number of carboxylic acid groups (broad SMARTS) is 1. The highest BCUT2D eigenvalue weighted by Gasteiger charge is 2.37.